The Morgan fingerprint density at radius 3 is 2.95 bits per heavy atom. The molecule has 0 spiro atoms. The van der Waals surface area contributed by atoms with Gasteiger partial charge in [0.25, 0.3) is 0 Å². The molecule has 0 saturated carbocycles. The van der Waals surface area contributed by atoms with E-state index in [0.717, 1.165) is 35.5 Å². The quantitative estimate of drug-likeness (QED) is 0.895. The summed E-state index contributed by atoms with van der Waals surface area (Å²) in [5.41, 5.74) is 8.39. The van der Waals surface area contributed by atoms with Gasteiger partial charge in [0.15, 0.2) is 0 Å². The van der Waals surface area contributed by atoms with Crippen LogP contribution in [0.25, 0.3) is 5.76 Å². The van der Waals surface area contributed by atoms with Crippen molar-refractivity contribution in [3.63, 3.8) is 0 Å². The number of ether oxygens (including phenoxy) is 2. The van der Waals surface area contributed by atoms with Crippen LogP contribution in [0, 0.1) is 17.2 Å². The topological polar surface area (TPSA) is 68.3 Å². The molecule has 102 valence electrons. The third-order valence-corrected chi connectivity index (χ3v) is 3.75. The van der Waals surface area contributed by atoms with Gasteiger partial charge >= 0.3 is 0 Å². The highest BCUT2D eigenvalue weighted by molar-refractivity contribution is 5.73. The van der Waals surface area contributed by atoms with Gasteiger partial charge in [-0.2, -0.15) is 5.26 Å². The Balaban J connectivity index is 2.11. The van der Waals surface area contributed by atoms with Crippen molar-refractivity contribution in [2.75, 3.05) is 6.61 Å². The van der Waals surface area contributed by atoms with Crippen LogP contribution in [-0.2, 0) is 4.74 Å². The maximum Gasteiger partial charge on any atom is 0.205 e. The molecule has 4 heteroatoms. The van der Waals surface area contributed by atoms with Crippen LogP contribution >= 0.6 is 0 Å². The molecule has 20 heavy (non-hydrogen) atoms. The number of nitrogens with zero attached hydrogens (tertiary/aromatic N) is 1. The van der Waals surface area contributed by atoms with Crippen LogP contribution in [0.15, 0.2) is 41.3 Å². The van der Waals surface area contributed by atoms with E-state index < -0.39 is 0 Å². The summed E-state index contributed by atoms with van der Waals surface area (Å²) >= 11 is 0. The van der Waals surface area contributed by atoms with Gasteiger partial charge in [0, 0.05) is 11.5 Å². The summed E-state index contributed by atoms with van der Waals surface area (Å²) in [6.45, 7) is 2.55. The minimum atomic E-state index is 0.00195. The van der Waals surface area contributed by atoms with Gasteiger partial charge < -0.3 is 15.2 Å². The molecule has 1 unspecified atom stereocenters. The number of nitriles is 1. The summed E-state index contributed by atoms with van der Waals surface area (Å²) in [6, 6.07) is 9.92. The lowest BCUT2D eigenvalue weighted by Crippen LogP contribution is -2.27. The van der Waals surface area contributed by atoms with Gasteiger partial charge in [0.05, 0.1) is 11.1 Å². The van der Waals surface area contributed by atoms with E-state index in [1.165, 1.54) is 0 Å². The lowest BCUT2D eigenvalue weighted by molar-refractivity contribution is 0.281. The number of benzene rings is 1. The highest BCUT2D eigenvalue weighted by atomic mass is 16.5. The minimum Gasteiger partial charge on any atom is -0.488 e. The Morgan fingerprint density at radius 2 is 2.20 bits per heavy atom. The average molecular weight is 268 g/mol. The van der Waals surface area contributed by atoms with Gasteiger partial charge in [-0.1, -0.05) is 25.5 Å². The molecule has 0 radical (unpaired) electrons. The average Bonchev–Trinajstić information content (AvgIpc) is 2.47. The molecular weight excluding hydrogens is 252 g/mol. The normalized spacial score (nSPS) is 20.5. The fraction of sp³-hybridized carbons (Fsp3) is 0.312. The third-order valence-electron chi connectivity index (χ3n) is 3.75. The minimum absolute atomic E-state index is 0.00195. The standard InChI is InChI=1S/C16H16N2O2/c1-2-5-10-12(8-17)16(18)20-15-11-6-3-4-7-14(11)19-9-13(10)15/h3-4,6-7,10H,2,5,9,18H2,1H3. The smallest absolute Gasteiger partial charge is 0.205 e. The van der Waals surface area contributed by atoms with Gasteiger partial charge in [-0.15, -0.1) is 0 Å². The van der Waals surface area contributed by atoms with Crippen LogP contribution in [-0.4, -0.2) is 6.61 Å². The van der Waals surface area contributed by atoms with Gasteiger partial charge in [0.1, 0.15) is 24.2 Å². The lowest BCUT2D eigenvalue weighted by Gasteiger charge is -2.32. The maximum atomic E-state index is 9.31. The zero-order valence-electron chi connectivity index (χ0n) is 11.3. The Kier molecular flexibility index (Phi) is 3.11. The van der Waals surface area contributed by atoms with Crippen LogP contribution in [0.1, 0.15) is 25.3 Å². The Morgan fingerprint density at radius 1 is 1.40 bits per heavy atom. The van der Waals surface area contributed by atoms with E-state index in [9.17, 15) is 5.26 Å². The van der Waals surface area contributed by atoms with Crippen LogP contribution in [0.2, 0.25) is 0 Å². The number of para-hydroxylation sites is 1. The van der Waals surface area contributed by atoms with E-state index in [4.69, 9.17) is 15.2 Å². The maximum absolute atomic E-state index is 9.31. The van der Waals surface area contributed by atoms with E-state index in [-0.39, 0.29) is 11.8 Å². The number of rotatable bonds is 2. The number of nitrogens with two attached hydrogens (primary N) is 1. The van der Waals surface area contributed by atoms with E-state index >= 15 is 0 Å². The Bertz CT molecular complexity index is 653. The van der Waals surface area contributed by atoms with Gasteiger partial charge in [-0.25, -0.2) is 0 Å². The molecule has 1 aromatic rings. The largest absolute Gasteiger partial charge is 0.488 e. The number of fused-ring (bicyclic) bond motifs is 2. The molecule has 0 fully saturated rings. The zero-order valence-corrected chi connectivity index (χ0v) is 11.3. The van der Waals surface area contributed by atoms with Crippen molar-refractivity contribution >= 4 is 5.76 Å². The van der Waals surface area contributed by atoms with Crippen molar-refractivity contribution in [1.29, 1.82) is 5.26 Å². The SMILES string of the molecule is CCCC1C(C#N)=C(N)OC2=C1COc1ccccc12. The molecule has 2 aliphatic rings. The molecule has 0 amide bonds. The zero-order chi connectivity index (χ0) is 14.1. The second kappa shape index (κ2) is 4.93. The van der Waals surface area contributed by atoms with Crippen LogP contribution < -0.4 is 10.5 Å². The van der Waals surface area contributed by atoms with Gasteiger partial charge in [-0.3, -0.25) is 0 Å². The summed E-state index contributed by atoms with van der Waals surface area (Å²) in [4.78, 5) is 0. The van der Waals surface area contributed by atoms with E-state index in [2.05, 4.69) is 13.0 Å². The molecular formula is C16H16N2O2. The molecule has 0 aliphatic carbocycles. The monoisotopic (exact) mass is 268 g/mol. The van der Waals surface area contributed by atoms with Crippen molar-refractivity contribution < 1.29 is 9.47 Å². The van der Waals surface area contributed by atoms with Crippen molar-refractivity contribution in [3.05, 3.63) is 46.9 Å². The van der Waals surface area contributed by atoms with Gasteiger partial charge in [-0.05, 0) is 18.6 Å². The molecule has 1 aromatic carbocycles. The van der Waals surface area contributed by atoms with E-state index in [0.29, 0.717) is 12.2 Å². The first-order valence-electron chi connectivity index (χ1n) is 6.79. The molecule has 4 nitrogen and oxygen atoms in total. The first-order chi connectivity index (χ1) is 9.76. The number of hydrogen-bond donors (Lipinski definition) is 1. The van der Waals surface area contributed by atoms with E-state index in [1.54, 1.807) is 0 Å². The second-order valence-electron chi connectivity index (χ2n) is 4.97. The van der Waals surface area contributed by atoms with Crippen molar-refractivity contribution in [3.8, 4) is 11.8 Å². The molecule has 2 aliphatic heterocycles. The van der Waals surface area contributed by atoms with Crippen molar-refractivity contribution in [2.24, 2.45) is 11.7 Å². The van der Waals surface area contributed by atoms with Crippen LogP contribution in [0.4, 0.5) is 0 Å². The third kappa shape index (κ3) is 1.83. The van der Waals surface area contributed by atoms with E-state index in [1.807, 2.05) is 24.3 Å². The van der Waals surface area contributed by atoms with Crippen LogP contribution in [0.5, 0.6) is 5.75 Å². The Labute approximate surface area is 118 Å². The first-order valence-corrected chi connectivity index (χ1v) is 6.79. The molecule has 0 aromatic heterocycles. The predicted molar refractivity (Wildman–Crippen MR) is 75.2 cm³/mol. The summed E-state index contributed by atoms with van der Waals surface area (Å²) in [5, 5.41) is 9.31. The summed E-state index contributed by atoms with van der Waals surface area (Å²) in [5.74, 6) is 1.79. The molecule has 1 atom stereocenters. The lowest BCUT2D eigenvalue weighted by atomic mass is 9.83. The highest BCUT2D eigenvalue weighted by Gasteiger charge is 2.35. The Hall–Kier alpha value is -2.41. The molecule has 0 bridgehead atoms. The highest BCUT2D eigenvalue weighted by Crippen LogP contribution is 2.43. The summed E-state index contributed by atoms with van der Waals surface area (Å²) in [6.07, 6.45) is 1.85. The fourth-order valence-corrected chi connectivity index (χ4v) is 2.80. The molecule has 2 N–H and O–H groups in total. The molecule has 2 heterocycles. The van der Waals surface area contributed by atoms with Crippen molar-refractivity contribution in [1.82, 2.24) is 0 Å². The fourth-order valence-electron chi connectivity index (χ4n) is 2.80. The van der Waals surface area contributed by atoms with Crippen molar-refractivity contribution in [2.45, 2.75) is 19.8 Å². The second-order valence-corrected chi connectivity index (χ2v) is 4.97. The summed E-state index contributed by atoms with van der Waals surface area (Å²) < 4.78 is 11.5. The molecule has 3 rings (SSSR count). The van der Waals surface area contributed by atoms with Gasteiger partial charge in [0.2, 0.25) is 5.88 Å². The first kappa shape index (κ1) is 12.6. The summed E-state index contributed by atoms with van der Waals surface area (Å²) in [7, 11) is 0. The number of hydrogen-bond acceptors (Lipinski definition) is 4. The van der Waals surface area contributed by atoms with Crippen LogP contribution in [0.3, 0.4) is 0 Å². The molecule has 0 saturated heterocycles. The number of allylic oxidation sites excluding steroid dienone is 1. The predicted octanol–water partition coefficient (Wildman–Crippen LogP) is 2.93.